The molecule has 1 aliphatic carbocycles. The largest absolute Gasteiger partial charge is 0.469 e. The van der Waals surface area contributed by atoms with Crippen LogP contribution >= 0.6 is 0 Å². The second kappa shape index (κ2) is 1.90. The van der Waals surface area contributed by atoms with Crippen molar-refractivity contribution in [2.24, 2.45) is 11.8 Å². The number of rotatable bonds is 1. The molecule has 0 saturated heterocycles. The maximum atomic E-state index is 12.3. The van der Waals surface area contributed by atoms with E-state index in [1.54, 1.807) is 0 Å². The minimum absolute atomic E-state index is 0.808. The molecule has 10 heavy (non-hydrogen) atoms. The minimum atomic E-state index is -2.83. The van der Waals surface area contributed by atoms with E-state index in [0.29, 0.717) is 0 Å². The van der Waals surface area contributed by atoms with Crippen molar-refractivity contribution in [3.05, 3.63) is 0 Å². The van der Waals surface area contributed by atoms with Crippen molar-refractivity contribution in [3.8, 4) is 0 Å². The molecule has 1 saturated carbocycles. The zero-order valence-corrected chi connectivity index (χ0v) is 5.73. The molecule has 2 atom stereocenters. The topological polar surface area (TPSA) is 26.3 Å². The van der Waals surface area contributed by atoms with Crippen molar-refractivity contribution in [2.45, 2.75) is 12.8 Å². The van der Waals surface area contributed by atoms with Gasteiger partial charge in [0, 0.05) is 5.92 Å². The van der Waals surface area contributed by atoms with E-state index in [9.17, 15) is 13.6 Å². The van der Waals surface area contributed by atoms with Gasteiger partial charge in [0.05, 0.1) is 7.11 Å². The van der Waals surface area contributed by atoms with Gasteiger partial charge in [0.25, 0.3) is 5.92 Å². The number of esters is 1. The molecule has 1 rings (SSSR count). The zero-order chi connectivity index (χ0) is 7.94. The number of halogens is 2. The lowest BCUT2D eigenvalue weighted by Crippen LogP contribution is -2.08. The Balaban J connectivity index is 2.57. The Kier molecular flexibility index (Phi) is 1.42. The number of ether oxygens (including phenoxy) is 1. The first kappa shape index (κ1) is 7.44. The van der Waals surface area contributed by atoms with Crippen LogP contribution in [0.4, 0.5) is 8.78 Å². The summed E-state index contributed by atoms with van der Waals surface area (Å²) >= 11 is 0. The first-order chi connectivity index (χ1) is 4.51. The predicted molar refractivity (Wildman–Crippen MR) is 29.6 cm³/mol. The lowest BCUT2D eigenvalue weighted by atomic mass is 10.3. The number of methoxy groups -OCH3 is 1. The molecule has 0 bridgehead atoms. The number of hydrogen-bond acceptors (Lipinski definition) is 2. The van der Waals surface area contributed by atoms with Crippen molar-refractivity contribution in [1.82, 2.24) is 0 Å². The number of hydrogen-bond donors (Lipinski definition) is 0. The van der Waals surface area contributed by atoms with Gasteiger partial charge in [-0.3, -0.25) is 4.79 Å². The molecule has 0 aromatic heterocycles. The molecular formula is C6H8F2O2. The van der Waals surface area contributed by atoms with Gasteiger partial charge in [-0.1, -0.05) is 6.92 Å². The summed E-state index contributed by atoms with van der Waals surface area (Å²) in [5.74, 6) is -5.68. The summed E-state index contributed by atoms with van der Waals surface area (Å²) in [5.41, 5.74) is 0. The van der Waals surface area contributed by atoms with Crippen LogP contribution in [-0.4, -0.2) is 19.0 Å². The Morgan fingerprint density at radius 3 is 2.10 bits per heavy atom. The normalized spacial score (nSPS) is 35.2. The molecule has 0 heterocycles. The molecule has 0 aliphatic heterocycles. The van der Waals surface area contributed by atoms with Gasteiger partial charge in [-0.15, -0.1) is 0 Å². The van der Waals surface area contributed by atoms with Crippen molar-refractivity contribution in [1.29, 1.82) is 0 Å². The van der Waals surface area contributed by atoms with Crippen LogP contribution in [0.1, 0.15) is 6.92 Å². The molecule has 1 aliphatic rings. The predicted octanol–water partition coefficient (Wildman–Crippen LogP) is 1.06. The molecule has 0 aromatic carbocycles. The number of carbonyl (C=O) groups is 1. The maximum absolute atomic E-state index is 12.3. The van der Waals surface area contributed by atoms with Gasteiger partial charge in [-0.2, -0.15) is 0 Å². The van der Waals surface area contributed by atoms with Gasteiger partial charge in [0.15, 0.2) is 0 Å². The van der Waals surface area contributed by atoms with Crippen LogP contribution in [0.3, 0.4) is 0 Å². The lowest BCUT2D eigenvalue weighted by Gasteiger charge is -1.93. The van der Waals surface area contributed by atoms with Crippen LogP contribution in [0.2, 0.25) is 0 Å². The summed E-state index contributed by atoms with van der Waals surface area (Å²) in [6.45, 7) is 1.33. The third-order valence-electron chi connectivity index (χ3n) is 1.87. The van der Waals surface area contributed by atoms with Gasteiger partial charge in [0.2, 0.25) is 0 Å². The van der Waals surface area contributed by atoms with E-state index in [-0.39, 0.29) is 0 Å². The molecular weight excluding hydrogens is 142 g/mol. The van der Waals surface area contributed by atoms with Crippen molar-refractivity contribution in [3.63, 3.8) is 0 Å². The van der Waals surface area contributed by atoms with Crippen molar-refractivity contribution < 1.29 is 18.3 Å². The Labute approximate surface area is 57.2 Å². The highest BCUT2D eigenvalue weighted by atomic mass is 19.3. The average molecular weight is 150 g/mol. The van der Waals surface area contributed by atoms with E-state index in [2.05, 4.69) is 4.74 Å². The van der Waals surface area contributed by atoms with Gasteiger partial charge in [0.1, 0.15) is 5.92 Å². The van der Waals surface area contributed by atoms with Gasteiger partial charge < -0.3 is 4.74 Å². The first-order valence-electron chi connectivity index (χ1n) is 2.97. The fraction of sp³-hybridized carbons (Fsp3) is 0.833. The smallest absolute Gasteiger partial charge is 0.315 e. The summed E-state index contributed by atoms with van der Waals surface area (Å²) in [7, 11) is 1.11. The van der Waals surface area contributed by atoms with E-state index in [4.69, 9.17) is 0 Å². The average Bonchev–Trinajstić information content (AvgIpc) is 2.33. The first-order valence-corrected chi connectivity index (χ1v) is 2.97. The Hall–Kier alpha value is -0.670. The molecule has 0 radical (unpaired) electrons. The van der Waals surface area contributed by atoms with Crippen LogP contribution in [0.5, 0.6) is 0 Å². The fourth-order valence-corrected chi connectivity index (χ4v) is 0.968. The third kappa shape index (κ3) is 0.786. The second-order valence-electron chi connectivity index (χ2n) is 2.46. The third-order valence-corrected chi connectivity index (χ3v) is 1.87. The van der Waals surface area contributed by atoms with E-state index in [1.165, 1.54) is 6.92 Å². The maximum Gasteiger partial charge on any atom is 0.315 e. The molecule has 0 unspecified atom stereocenters. The monoisotopic (exact) mass is 150 g/mol. The van der Waals surface area contributed by atoms with Crippen molar-refractivity contribution >= 4 is 5.97 Å². The zero-order valence-electron chi connectivity index (χ0n) is 5.73. The molecule has 0 amide bonds. The fourth-order valence-electron chi connectivity index (χ4n) is 0.968. The van der Waals surface area contributed by atoms with E-state index in [1.807, 2.05) is 0 Å². The minimum Gasteiger partial charge on any atom is -0.469 e. The molecule has 0 aromatic rings. The highest BCUT2D eigenvalue weighted by molar-refractivity contribution is 5.77. The van der Waals surface area contributed by atoms with Gasteiger partial charge in [-0.25, -0.2) is 8.78 Å². The second-order valence-corrected chi connectivity index (χ2v) is 2.46. The highest BCUT2D eigenvalue weighted by Crippen LogP contribution is 2.55. The van der Waals surface area contributed by atoms with Crippen molar-refractivity contribution in [2.75, 3.05) is 7.11 Å². The summed E-state index contributed by atoms with van der Waals surface area (Å²) in [5, 5.41) is 0. The standard InChI is InChI=1S/C6H8F2O2/c1-3-4(5(9)10-2)6(3,7)8/h3-4H,1-2H3/t3-,4+/m1/s1. The molecule has 0 spiro atoms. The quantitative estimate of drug-likeness (QED) is 0.522. The summed E-state index contributed by atoms with van der Waals surface area (Å²) in [4.78, 5) is 10.5. The number of alkyl halides is 2. The van der Waals surface area contributed by atoms with Crippen LogP contribution in [0.25, 0.3) is 0 Å². The molecule has 4 heteroatoms. The van der Waals surface area contributed by atoms with E-state index < -0.39 is 23.7 Å². The Bertz CT molecular complexity index is 167. The molecule has 1 fully saturated rings. The van der Waals surface area contributed by atoms with E-state index >= 15 is 0 Å². The van der Waals surface area contributed by atoms with Gasteiger partial charge >= 0.3 is 5.97 Å². The van der Waals surface area contributed by atoms with Crippen LogP contribution in [-0.2, 0) is 9.53 Å². The molecule has 0 N–H and O–H groups in total. The Morgan fingerprint density at radius 1 is 1.60 bits per heavy atom. The summed E-state index contributed by atoms with van der Waals surface area (Å²) in [6.07, 6.45) is 0. The van der Waals surface area contributed by atoms with Gasteiger partial charge in [-0.05, 0) is 0 Å². The molecule has 2 nitrogen and oxygen atoms in total. The summed E-state index contributed by atoms with van der Waals surface area (Å²) < 4.78 is 28.8. The van der Waals surface area contributed by atoms with Crippen LogP contribution in [0.15, 0.2) is 0 Å². The van der Waals surface area contributed by atoms with E-state index in [0.717, 1.165) is 7.11 Å². The van der Waals surface area contributed by atoms with Crippen LogP contribution in [0, 0.1) is 11.8 Å². The number of carbonyl (C=O) groups excluding carboxylic acids is 1. The van der Waals surface area contributed by atoms with Crippen LogP contribution < -0.4 is 0 Å². The summed E-state index contributed by atoms with van der Waals surface area (Å²) in [6, 6.07) is 0. The highest BCUT2D eigenvalue weighted by Gasteiger charge is 2.70. The molecule has 58 valence electrons. The Morgan fingerprint density at radius 2 is 2.00 bits per heavy atom. The lowest BCUT2D eigenvalue weighted by molar-refractivity contribution is -0.144. The SMILES string of the molecule is COC(=O)[C@@H]1[C@@H](C)C1(F)F.